The Morgan fingerprint density at radius 3 is 2.56 bits per heavy atom. The minimum atomic E-state index is -1.31. The summed E-state index contributed by atoms with van der Waals surface area (Å²) in [6.45, 7) is 5.78. The fraction of sp³-hybridized carbons (Fsp3) is 0.703. The normalized spacial score (nSPS) is 34.2. The number of aliphatic hydroxyl groups is 4. The summed E-state index contributed by atoms with van der Waals surface area (Å²) >= 11 is 0. The first kappa shape index (κ1) is 40.2. The van der Waals surface area contributed by atoms with E-state index in [2.05, 4.69) is 27.3 Å². The highest BCUT2D eigenvalue weighted by Crippen LogP contribution is 2.33. The van der Waals surface area contributed by atoms with E-state index < -0.39 is 61.0 Å². The zero-order valence-corrected chi connectivity index (χ0v) is 30.1. The van der Waals surface area contributed by atoms with Crippen molar-refractivity contribution in [3.8, 4) is 0 Å². The van der Waals surface area contributed by atoms with Gasteiger partial charge in [-0.2, -0.15) is 0 Å². The number of β-amino-alcohol motifs (C(OH)–C–C–N with tert-alkyl or cyclic N) is 1. The van der Waals surface area contributed by atoms with Crippen LogP contribution in [0.15, 0.2) is 36.5 Å². The van der Waals surface area contributed by atoms with Crippen molar-refractivity contribution >= 4 is 23.1 Å². The molecule has 0 saturated carbocycles. The molecule has 2 saturated heterocycles. The molecule has 3 heterocycles. The molecule has 4 rings (SSSR count). The lowest BCUT2D eigenvalue weighted by molar-refractivity contribution is -0.309. The molecule has 1 aromatic heterocycles. The van der Waals surface area contributed by atoms with Crippen molar-refractivity contribution in [1.82, 2.24) is 20.1 Å². The van der Waals surface area contributed by atoms with Crippen LogP contribution in [-0.2, 0) is 30.2 Å². The van der Waals surface area contributed by atoms with Crippen molar-refractivity contribution in [1.29, 1.82) is 0 Å². The maximum Gasteiger partial charge on any atom is 0.222 e. The average molecular weight is 703 g/mol. The number of carbonyl (C=O) groups is 2. The summed E-state index contributed by atoms with van der Waals surface area (Å²) in [6.07, 6.45) is -3.28. The topological polar surface area (TPSA) is 174 Å². The molecule has 0 spiro atoms. The fourth-order valence-electron chi connectivity index (χ4n) is 7.50. The number of ether oxygens (including phenoxy) is 3. The lowest BCUT2D eigenvalue weighted by Gasteiger charge is -2.46. The number of aliphatic hydroxyl groups excluding tert-OH is 4. The number of fused-ring (bicyclic) bond motifs is 1. The van der Waals surface area contributed by atoms with Crippen molar-refractivity contribution in [2.24, 2.45) is 11.8 Å². The van der Waals surface area contributed by atoms with E-state index in [1.54, 1.807) is 25.9 Å². The van der Waals surface area contributed by atoms with Gasteiger partial charge in [0.15, 0.2) is 6.29 Å². The molecule has 1 amide bonds. The van der Waals surface area contributed by atoms with E-state index in [1.807, 2.05) is 31.3 Å². The number of aromatic nitrogens is 1. The van der Waals surface area contributed by atoms with Gasteiger partial charge in [0.25, 0.3) is 0 Å². The van der Waals surface area contributed by atoms with Gasteiger partial charge in [0.05, 0.1) is 48.5 Å². The highest BCUT2D eigenvalue weighted by Gasteiger charge is 2.48. The molecule has 0 aliphatic carbocycles. The number of methoxy groups -OCH3 is 1. The summed E-state index contributed by atoms with van der Waals surface area (Å²) in [5.74, 6) is -1.22. The van der Waals surface area contributed by atoms with E-state index >= 15 is 0 Å². The fourth-order valence-corrected chi connectivity index (χ4v) is 7.50. The first-order chi connectivity index (χ1) is 23.9. The molecule has 11 atom stereocenters. The van der Waals surface area contributed by atoms with E-state index in [1.165, 1.54) is 12.7 Å². The Morgan fingerprint density at radius 2 is 1.84 bits per heavy atom. The number of pyridine rings is 1. The highest BCUT2D eigenvalue weighted by atomic mass is 16.7. The van der Waals surface area contributed by atoms with Crippen LogP contribution in [-0.4, -0.2) is 150 Å². The van der Waals surface area contributed by atoms with E-state index in [0.717, 1.165) is 36.6 Å². The molecule has 280 valence electrons. The summed E-state index contributed by atoms with van der Waals surface area (Å²) in [4.78, 5) is 33.5. The molecule has 2 fully saturated rings. The number of nitrogens with zero attached hydrogens (tertiary/aromatic N) is 3. The Kier molecular flexibility index (Phi) is 15.5. The number of aryl methyl sites for hydroxylation is 1. The Hall–Kier alpha value is -2.59. The van der Waals surface area contributed by atoms with Gasteiger partial charge in [-0.3, -0.25) is 9.78 Å². The van der Waals surface area contributed by atoms with Gasteiger partial charge >= 0.3 is 0 Å². The second kappa shape index (κ2) is 19.3. The van der Waals surface area contributed by atoms with Crippen molar-refractivity contribution in [3.05, 3.63) is 42.1 Å². The monoisotopic (exact) mass is 702 g/mol. The lowest BCUT2D eigenvalue weighted by atomic mass is 9.82. The summed E-state index contributed by atoms with van der Waals surface area (Å²) in [6, 6.07) is 9.42. The summed E-state index contributed by atoms with van der Waals surface area (Å²) in [7, 11) is 4.87. The van der Waals surface area contributed by atoms with Gasteiger partial charge in [0.1, 0.15) is 18.5 Å². The molecule has 2 aliphatic rings. The molecule has 0 radical (unpaired) electrons. The van der Waals surface area contributed by atoms with Crippen LogP contribution in [0.5, 0.6) is 0 Å². The molecule has 5 N–H and O–H groups in total. The van der Waals surface area contributed by atoms with E-state index in [-0.39, 0.29) is 24.7 Å². The largest absolute Gasteiger partial charge is 0.392 e. The van der Waals surface area contributed by atoms with E-state index in [0.29, 0.717) is 32.5 Å². The Labute approximate surface area is 295 Å². The summed E-state index contributed by atoms with van der Waals surface area (Å²) in [5, 5.41) is 49.0. The smallest absolute Gasteiger partial charge is 0.222 e. The second-order valence-corrected chi connectivity index (χ2v) is 14.3. The van der Waals surface area contributed by atoms with Gasteiger partial charge in [-0.05, 0) is 89.3 Å². The SMILES string of the molecule is CO[C@@H]1[C@@H](O[C@@H]2OC(C)[C@@H](O)C(N(C)C)C2O)[C@@H](CC=O)C[C@@H](C)[C@@H](O)CN(CCCc2ccnc3ccccc23)CCCNC(=O)C[C@H]1O. The molecule has 1 aromatic carbocycles. The number of likely N-dealkylation sites (N-methyl/N-ethyl adjacent to an activating group) is 1. The number of carbonyl (C=O) groups excluding carboxylic acids is 2. The van der Waals surface area contributed by atoms with Crippen LogP contribution in [0.2, 0.25) is 0 Å². The van der Waals surface area contributed by atoms with Gasteiger partial charge in [-0.1, -0.05) is 25.1 Å². The second-order valence-electron chi connectivity index (χ2n) is 14.3. The number of hydrogen-bond donors (Lipinski definition) is 5. The zero-order valence-electron chi connectivity index (χ0n) is 30.1. The maximum atomic E-state index is 13.0. The van der Waals surface area contributed by atoms with Crippen LogP contribution >= 0.6 is 0 Å². The van der Waals surface area contributed by atoms with Gasteiger partial charge in [-0.15, -0.1) is 0 Å². The van der Waals surface area contributed by atoms with Gasteiger partial charge in [0, 0.05) is 38.2 Å². The molecular weight excluding hydrogens is 644 g/mol. The van der Waals surface area contributed by atoms with Crippen molar-refractivity contribution in [2.75, 3.05) is 47.4 Å². The minimum absolute atomic E-state index is 0.0161. The molecular formula is C37H58N4O9. The minimum Gasteiger partial charge on any atom is -0.392 e. The molecule has 0 bridgehead atoms. The maximum absolute atomic E-state index is 13.0. The number of benzene rings is 1. The van der Waals surface area contributed by atoms with Gasteiger partial charge in [-0.25, -0.2) is 0 Å². The quantitative estimate of drug-likeness (QED) is 0.224. The van der Waals surface area contributed by atoms with Gasteiger partial charge < -0.3 is 54.5 Å². The predicted octanol–water partition coefficient (Wildman–Crippen LogP) is 1.13. The van der Waals surface area contributed by atoms with E-state index in [4.69, 9.17) is 14.2 Å². The molecule has 13 nitrogen and oxygen atoms in total. The van der Waals surface area contributed by atoms with Crippen LogP contribution in [0.1, 0.15) is 51.5 Å². The molecule has 3 unspecified atom stereocenters. The van der Waals surface area contributed by atoms with Gasteiger partial charge in [0.2, 0.25) is 5.91 Å². The first-order valence-corrected chi connectivity index (χ1v) is 17.9. The Morgan fingerprint density at radius 1 is 1.08 bits per heavy atom. The van der Waals surface area contributed by atoms with Crippen LogP contribution in [0.25, 0.3) is 10.9 Å². The number of rotatable bonds is 10. The summed E-state index contributed by atoms with van der Waals surface area (Å²) in [5.41, 5.74) is 2.18. The standard InChI is InChI=1S/C37H58N4O9/c1-23-20-26(14-19-42)35(50-37-34(47)32(40(3)4)33(46)24(2)49-37)36(48-5)29(43)21-31(45)39-15-9-18-41(22-30(23)44)17-8-10-25-13-16-38-28-12-7-6-11-27(25)28/h6-7,11-13,16,19,23-24,26,29-30,32-37,43-44,46-47H,8-10,14-15,17-18,20-22H2,1-5H3,(H,39,45)/t23-,24?,26+,29-,30+,32?,33-,34?,35+,36+,37+/m1/s1. The first-order valence-electron chi connectivity index (χ1n) is 17.9. The number of aldehydes is 1. The number of hydrogen-bond acceptors (Lipinski definition) is 12. The molecule has 50 heavy (non-hydrogen) atoms. The van der Waals surface area contributed by atoms with Crippen molar-refractivity contribution in [3.63, 3.8) is 0 Å². The molecule has 2 aromatic rings. The van der Waals surface area contributed by atoms with Crippen LogP contribution in [0.3, 0.4) is 0 Å². The van der Waals surface area contributed by atoms with Crippen molar-refractivity contribution in [2.45, 2.75) is 107 Å². The average Bonchev–Trinajstić information content (AvgIpc) is 3.08. The lowest BCUT2D eigenvalue weighted by Crippen LogP contribution is -2.63. The third-order valence-electron chi connectivity index (χ3n) is 10.3. The highest BCUT2D eigenvalue weighted by molar-refractivity contribution is 5.81. The van der Waals surface area contributed by atoms with Crippen LogP contribution in [0.4, 0.5) is 0 Å². The predicted molar refractivity (Wildman–Crippen MR) is 188 cm³/mol. The van der Waals surface area contributed by atoms with Crippen LogP contribution < -0.4 is 5.32 Å². The van der Waals surface area contributed by atoms with E-state index in [9.17, 15) is 30.0 Å². The van der Waals surface area contributed by atoms with Crippen molar-refractivity contribution < 1.29 is 44.2 Å². The number of amides is 1. The zero-order chi connectivity index (χ0) is 36.4. The molecule has 2 aliphatic heterocycles. The number of nitrogens with one attached hydrogen (secondary N) is 1. The van der Waals surface area contributed by atoms with Crippen LogP contribution in [0, 0.1) is 11.8 Å². The summed E-state index contributed by atoms with van der Waals surface area (Å²) < 4.78 is 18.2. The Balaban J connectivity index is 1.55. The third-order valence-corrected chi connectivity index (χ3v) is 10.3. The molecule has 13 heteroatoms. The number of para-hydroxylation sites is 1. The third kappa shape index (κ3) is 10.5. The Bertz CT molecular complexity index is 1350.